The third-order valence-electron chi connectivity index (χ3n) is 3.30. The van der Waals surface area contributed by atoms with Gasteiger partial charge in [0.1, 0.15) is 18.2 Å². The molecule has 1 aromatic rings. The van der Waals surface area contributed by atoms with E-state index in [1.165, 1.54) is 11.1 Å². The van der Waals surface area contributed by atoms with Crippen LogP contribution >= 0.6 is 12.2 Å². The molecule has 0 saturated heterocycles. The monoisotopic (exact) mass is 277 g/mol. The van der Waals surface area contributed by atoms with Gasteiger partial charge in [0.05, 0.1) is 6.54 Å². The van der Waals surface area contributed by atoms with Gasteiger partial charge in [-0.05, 0) is 43.3 Å². The first-order chi connectivity index (χ1) is 9.13. The number of nitrogens with zero attached hydrogens (tertiary/aromatic N) is 2. The van der Waals surface area contributed by atoms with E-state index in [-0.39, 0.29) is 0 Å². The van der Waals surface area contributed by atoms with Gasteiger partial charge in [0, 0.05) is 13.6 Å². The van der Waals surface area contributed by atoms with Crippen LogP contribution in [0.5, 0.6) is 5.75 Å². The Morgan fingerprint density at radius 1 is 1.47 bits per heavy atom. The molecule has 4 nitrogen and oxygen atoms in total. The molecule has 0 aliphatic carbocycles. The number of amidine groups is 1. The predicted octanol–water partition coefficient (Wildman–Crippen LogP) is 1.90. The minimum atomic E-state index is 0.451. The first-order valence-corrected chi connectivity index (χ1v) is 6.76. The highest BCUT2D eigenvalue weighted by Gasteiger charge is 2.20. The Morgan fingerprint density at radius 3 is 3.00 bits per heavy atom. The highest BCUT2D eigenvalue weighted by atomic mass is 32.1. The molecule has 0 spiro atoms. The number of ether oxygens (including phenoxy) is 1. The second kappa shape index (κ2) is 6.02. The number of nitrogens with one attached hydrogen (secondary N) is 1. The molecule has 5 heteroatoms. The van der Waals surface area contributed by atoms with Crippen molar-refractivity contribution < 1.29 is 4.74 Å². The zero-order valence-corrected chi connectivity index (χ0v) is 12.4. The molecule has 1 aliphatic rings. The highest BCUT2D eigenvalue weighted by molar-refractivity contribution is 7.80. The number of hydrogen-bond donors (Lipinski definition) is 1. The van der Waals surface area contributed by atoms with Gasteiger partial charge in [-0.15, -0.1) is 0 Å². The molecule has 102 valence electrons. The van der Waals surface area contributed by atoms with Crippen molar-refractivity contribution in [3.05, 3.63) is 29.3 Å². The fourth-order valence-corrected chi connectivity index (χ4v) is 2.19. The van der Waals surface area contributed by atoms with Crippen molar-refractivity contribution in [1.82, 2.24) is 10.2 Å². The third-order valence-corrected chi connectivity index (χ3v) is 3.72. The van der Waals surface area contributed by atoms with Crippen LogP contribution in [0.2, 0.25) is 0 Å². The van der Waals surface area contributed by atoms with Crippen LogP contribution in [-0.2, 0) is 0 Å². The van der Waals surface area contributed by atoms with Crippen LogP contribution in [0.15, 0.2) is 23.2 Å². The van der Waals surface area contributed by atoms with Crippen molar-refractivity contribution in [2.24, 2.45) is 4.99 Å². The van der Waals surface area contributed by atoms with E-state index >= 15 is 0 Å². The van der Waals surface area contributed by atoms with E-state index in [1.807, 2.05) is 24.1 Å². The minimum absolute atomic E-state index is 0.451. The second-order valence-corrected chi connectivity index (χ2v) is 4.88. The number of benzene rings is 1. The quantitative estimate of drug-likeness (QED) is 0.856. The Hall–Kier alpha value is -1.62. The lowest BCUT2D eigenvalue weighted by Crippen LogP contribution is -2.42. The van der Waals surface area contributed by atoms with Gasteiger partial charge in [0.15, 0.2) is 5.11 Å². The molecular weight excluding hydrogens is 258 g/mol. The normalized spacial score (nSPS) is 14.3. The van der Waals surface area contributed by atoms with Gasteiger partial charge in [0.2, 0.25) is 0 Å². The zero-order valence-electron chi connectivity index (χ0n) is 11.6. The molecule has 0 aromatic heterocycles. The topological polar surface area (TPSA) is 36.9 Å². The van der Waals surface area contributed by atoms with Crippen molar-refractivity contribution in [2.45, 2.75) is 13.8 Å². The molecular formula is C14H19N3OS. The van der Waals surface area contributed by atoms with Gasteiger partial charge >= 0.3 is 0 Å². The van der Waals surface area contributed by atoms with Crippen LogP contribution in [0.3, 0.4) is 0 Å². The first kappa shape index (κ1) is 13.8. The highest BCUT2D eigenvalue weighted by Crippen LogP contribution is 2.20. The minimum Gasteiger partial charge on any atom is -0.485 e. The van der Waals surface area contributed by atoms with Gasteiger partial charge in [0.25, 0.3) is 0 Å². The Bertz CT molecular complexity index is 513. The van der Waals surface area contributed by atoms with Crippen molar-refractivity contribution in [2.75, 3.05) is 26.7 Å². The molecule has 2 rings (SSSR count). The average molecular weight is 277 g/mol. The number of hydrogen-bond acceptors (Lipinski definition) is 3. The Morgan fingerprint density at radius 2 is 2.26 bits per heavy atom. The van der Waals surface area contributed by atoms with Gasteiger partial charge in [-0.25, -0.2) is 0 Å². The van der Waals surface area contributed by atoms with E-state index in [1.54, 1.807) is 0 Å². The molecule has 0 amide bonds. The molecule has 1 N–H and O–H groups in total. The molecule has 1 aromatic carbocycles. The van der Waals surface area contributed by atoms with E-state index < -0.39 is 0 Å². The summed E-state index contributed by atoms with van der Waals surface area (Å²) < 4.78 is 5.87. The van der Waals surface area contributed by atoms with Crippen LogP contribution in [0.1, 0.15) is 11.1 Å². The fraction of sp³-hybridized carbons (Fsp3) is 0.429. The van der Waals surface area contributed by atoms with Crippen LogP contribution in [0.4, 0.5) is 0 Å². The molecule has 1 heterocycles. The number of thiocarbonyl (C=S) groups is 1. The first-order valence-electron chi connectivity index (χ1n) is 6.35. The van der Waals surface area contributed by atoms with E-state index in [4.69, 9.17) is 17.0 Å². The van der Waals surface area contributed by atoms with Gasteiger partial charge in [-0.3, -0.25) is 4.99 Å². The van der Waals surface area contributed by atoms with Crippen molar-refractivity contribution in [3.8, 4) is 5.75 Å². The van der Waals surface area contributed by atoms with Gasteiger partial charge in [-0.2, -0.15) is 0 Å². The standard InChI is InChI=1S/C14H19N3OS/c1-10-5-4-6-12(11(10)2)18-9-13-16-7-8-17(13)14(19)15-3/h4-6H,7-9H2,1-3H3,(H,15,19). The molecule has 0 fully saturated rings. The molecule has 19 heavy (non-hydrogen) atoms. The van der Waals surface area contributed by atoms with Gasteiger partial charge in [-0.1, -0.05) is 12.1 Å². The lowest BCUT2D eigenvalue weighted by molar-refractivity contribution is 0.362. The van der Waals surface area contributed by atoms with Crippen LogP contribution in [0.25, 0.3) is 0 Å². The van der Waals surface area contributed by atoms with Crippen molar-refractivity contribution in [3.63, 3.8) is 0 Å². The molecule has 0 bridgehead atoms. The lowest BCUT2D eigenvalue weighted by Gasteiger charge is -2.21. The molecule has 0 atom stereocenters. The summed E-state index contributed by atoms with van der Waals surface area (Å²) in [6.45, 7) is 6.19. The Labute approximate surface area is 119 Å². The predicted molar refractivity (Wildman–Crippen MR) is 82.1 cm³/mol. The van der Waals surface area contributed by atoms with Gasteiger partial charge < -0.3 is 15.0 Å². The number of rotatable bonds is 3. The summed E-state index contributed by atoms with van der Waals surface area (Å²) in [5.41, 5.74) is 2.40. The van der Waals surface area contributed by atoms with E-state index in [0.29, 0.717) is 11.7 Å². The summed E-state index contributed by atoms with van der Waals surface area (Å²) in [6, 6.07) is 6.07. The average Bonchev–Trinajstić information content (AvgIpc) is 2.88. The largest absolute Gasteiger partial charge is 0.485 e. The summed E-state index contributed by atoms with van der Waals surface area (Å²) in [5, 5.41) is 3.67. The lowest BCUT2D eigenvalue weighted by atomic mass is 10.1. The van der Waals surface area contributed by atoms with Crippen molar-refractivity contribution in [1.29, 1.82) is 0 Å². The summed E-state index contributed by atoms with van der Waals surface area (Å²) in [7, 11) is 1.82. The zero-order chi connectivity index (χ0) is 13.8. The van der Waals surface area contributed by atoms with Crippen LogP contribution < -0.4 is 10.1 Å². The molecule has 0 radical (unpaired) electrons. The van der Waals surface area contributed by atoms with Crippen LogP contribution in [-0.4, -0.2) is 42.6 Å². The van der Waals surface area contributed by atoms with E-state index in [9.17, 15) is 0 Å². The van der Waals surface area contributed by atoms with Crippen LogP contribution in [0, 0.1) is 13.8 Å². The van der Waals surface area contributed by atoms with Crippen molar-refractivity contribution >= 4 is 23.2 Å². The Kier molecular flexibility index (Phi) is 4.37. The molecule has 0 saturated carbocycles. The SMILES string of the molecule is CNC(=S)N1CCN=C1COc1cccc(C)c1C. The summed E-state index contributed by atoms with van der Waals surface area (Å²) >= 11 is 5.25. The molecule has 0 unspecified atom stereocenters. The van der Waals surface area contributed by atoms with E-state index in [2.05, 4.69) is 30.2 Å². The molecule has 1 aliphatic heterocycles. The summed E-state index contributed by atoms with van der Waals surface area (Å²) in [6.07, 6.45) is 0. The number of aliphatic imine (C=N–C) groups is 1. The fourth-order valence-electron chi connectivity index (χ4n) is 1.99. The van der Waals surface area contributed by atoms with E-state index in [0.717, 1.165) is 24.7 Å². The Balaban J connectivity index is 2.02. The maximum absolute atomic E-state index is 5.87. The number of aryl methyl sites for hydroxylation is 1. The third kappa shape index (κ3) is 3.04. The maximum atomic E-state index is 5.87. The maximum Gasteiger partial charge on any atom is 0.174 e. The summed E-state index contributed by atoms with van der Waals surface area (Å²) in [5.74, 6) is 1.80. The smallest absolute Gasteiger partial charge is 0.174 e. The second-order valence-electron chi connectivity index (χ2n) is 4.49. The summed E-state index contributed by atoms with van der Waals surface area (Å²) in [4.78, 5) is 6.43.